The van der Waals surface area contributed by atoms with Crippen LogP contribution in [0.2, 0.25) is 0 Å². The van der Waals surface area contributed by atoms with Gasteiger partial charge in [-0.1, -0.05) is 6.07 Å². The second kappa shape index (κ2) is 12.7. The largest absolute Gasteiger partial charge is 0.573 e. The predicted octanol–water partition coefficient (Wildman–Crippen LogP) is 3.39. The van der Waals surface area contributed by atoms with E-state index in [1.807, 2.05) is 6.07 Å². The summed E-state index contributed by atoms with van der Waals surface area (Å²) in [6, 6.07) is 9.41. The third-order valence-electron chi connectivity index (χ3n) is 5.59. The first-order chi connectivity index (χ1) is 19.1. The zero-order valence-electron chi connectivity index (χ0n) is 23.0. The molecule has 1 heterocycles. The summed E-state index contributed by atoms with van der Waals surface area (Å²) in [6.07, 6.45) is -4.46. The smallest absolute Gasteiger partial charge is 0.490 e. The number of benzene rings is 2. The van der Waals surface area contributed by atoms with E-state index < -0.39 is 36.3 Å². The summed E-state index contributed by atoms with van der Waals surface area (Å²) in [7, 11) is -1.28. The number of fused-ring (bicyclic) bond motifs is 1. The Labute approximate surface area is 235 Å². The molecule has 0 fully saturated rings. The molecule has 0 saturated carbocycles. The van der Waals surface area contributed by atoms with Crippen LogP contribution < -0.4 is 25.0 Å². The zero-order valence-corrected chi connectivity index (χ0v) is 23.0. The molecule has 0 aromatic heterocycles. The first-order valence-electron chi connectivity index (χ1n) is 12.6. The monoisotopic (exact) mass is 578 g/mol. The van der Waals surface area contributed by atoms with Gasteiger partial charge >= 0.3 is 19.5 Å². The highest BCUT2D eigenvalue weighted by Gasteiger charge is 2.35. The summed E-state index contributed by atoms with van der Waals surface area (Å²) in [4.78, 5) is 24.7. The zero-order chi connectivity index (χ0) is 30.4. The summed E-state index contributed by atoms with van der Waals surface area (Å²) in [6.45, 7) is 6.57. The van der Waals surface area contributed by atoms with Crippen LogP contribution in [0.3, 0.4) is 0 Å². The van der Waals surface area contributed by atoms with Gasteiger partial charge in [-0.05, 0) is 70.0 Å². The quantitative estimate of drug-likeness (QED) is 0.234. The number of carbonyl (C=O) groups is 2. The maximum Gasteiger partial charge on any atom is 0.573 e. The van der Waals surface area contributed by atoms with E-state index in [4.69, 9.17) is 18.9 Å². The van der Waals surface area contributed by atoms with Crippen molar-refractivity contribution in [2.24, 2.45) is 0 Å². The van der Waals surface area contributed by atoms with Gasteiger partial charge < -0.3 is 33.9 Å². The van der Waals surface area contributed by atoms with Gasteiger partial charge in [0, 0.05) is 17.4 Å². The highest BCUT2D eigenvalue weighted by atomic mass is 19.4. The van der Waals surface area contributed by atoms with Gasteiger partial charge in [-0.15, -0.1) is 13.2 Å². The van der Waals surface area contributed by atoms with Gasteiger partial charge in [0.25, 0.3) is 5.91 Å². The fourth-order valence-electron chi connectivity index (χ4n) is 3.76. The number of rotatable bonds is 11. The van der Waals surface area contributed by atoms with Crippen LogP contribution in [0.25, 0.3) is 0 Å². The first-order valence-corrected chi connectivity index (χ1v) is 12.6. The molecule has 14 heteroatoms. The Kier molecular flexibility index (Phi) is 9.78. The van der Waals surface area contributed by atoms with E-state index in [2.05, 4.69) is 10.1 Å². The number of nitrogens with one attached hydrogen (secondary N) is 1. The SMILES string of the molecule is CC(C#N)(COc1ccc2c(c1OCCCC(=O)OC(C)(C)C)B(O)OC2)NC(=O)c1ccc(OC(F)(F)F)cc1. The molecule has 2 aromatic rings. The lowest BCUT2D eigenvalue weighted by atomic mass is 9.78. The number of hydrogen-bond donors (Lipinski definition) is 2. The van der Waals surface area contributed by atoms with Crippen LogP contribution in [-0.4, -0.2) is 54.7 Å². The molecule has 220 valence electrons. The Bertz CT molecular complexity index is 1290. The number of hydrogen-bond acceptors (Lipinski definition) is 9. The predicted molar refractivity (Wildman–Crippen MR) is 140 cm³/mol. The third-order valence-corrected chi connectivity index (χ3v) is 5.59. The van der Waals surface area contributed by atoms with E-state index in [1.54, 1.807) is 32.9 Å². The summed E-state index contributed by atoms with van der Waals surface area (Å²) in [5.74, 6) is -1.28. The molecule has 1 atom stereocenters. The minimum Gasteiger partial charge on any atom is -0.490 e. The maximum absolute atomic E-state index is 12.7. The molecule has 1 aliphatic heterocycles. The van der Waals surface area contributed by atoms with Crippen molar-refractivity contribution in [3.63, 3.8) is 0 Å². The van der Waals surface area contributed by atoms with Crippen LogP contribution in [-0.2, 0) is 20.8 Å². The van der Waals surface area contributed by atoms with Gasteiger partial charge in [0.15, 0.2) is 17.0 Å². The number of esters is 1. The number of nitrogens with zero attached hydrogens (tertiary/aromatic N) is 1. The average Bonchev–Trinajstić information content (AvgIpc) is 3.25. The molecule has 0 radical (unpaired) electrons. The number of alkyl halides is 3. The standard InChI is InChI=1S/C27H30BF3N2O8/c1-25(2,3)41-21(34)6-5-13-37-23-20(12-9-18-14-39-28(36)22(18)23)38-16-26(4,15-32)33-24(35)17-7-10-19(11-8-17)40-27(29,30)31/h7-12,36H,5-6,13-14,16H2,1-4H3,(H,33,35). The Hall–Kier alpha value is -3.96. The fourth-order valence-corrected chi connectivity index (χ4v) is 3.76. The Morgan fingerprint density at radius 2 is 1.78 bits per heavy atom. The number of halogens is 3. The highest BCUT2D eigenvalue weighted by Crippen LogP contribution is 2.31. The topological polar surface area (TPSA) is 136 Å². The van der Waals surface area contributed by atoms with Crippen LogP contribution in [0.4, 0.5) is 13.2 Å². The molecule has 1 amide bonds. The van der Waals surface area contributed by atoms with Gasteiger partial charge in [-0.3, -0.25) is 9.59 Å². The fraction of sp³-hybridized carbons (Fsp3) is 0.444. The number of ether oxygens (including phenoxy) is 4. The second-order valence-electron chi connectivity index (χ2n) is 10.4. The molecule has 0 saturated heterocycles. The Morgan fingerprint density at radius 3 is 2.39 bits per heavy atom. The lowest BCUT2D eigenvalue weighted by Crippen LogP contribution is -2.49. The van der Waals surface area contributed by atoms with E-state index in [0.29, 0.717) is 17.4 Å². The number of nitriles is 1. The molecule has 10 nitrogen and oxygen atoms in total. The molecule has 3 rings (SSSR count). The molecule has 41 heavy (non-hydrogen) atoms. The van der Waals surface area contributed by atoms with Crippen LogP contribution in [0.15, 0.2) is 36.4 Å². The summed E-state index contributed by atoms with van der Waals surface area (Å²) in [5, 5.41) is 22.6. The molecule has 0 aliphatic carbocycles. The third kappa shape index (κ3) is 9.29. The first kappa shape index (κ1) is 31.6. The van der Waals surface area contributed by atoms with E-state index in [-0.39, 0.29) is 49.3 Å². The van der Waals surface area contributed by atoms with Crippen LogP contribution in [0, 0.1) is 11.3 Å². The molecular formula is C27H30BF3N2O8. The van der Waals surface area contributed by atoms with Gasteiger partial charge in [-0.25, -0.2) is 0 Å². The van der Waals surface area contributed by atoms with Crippen molar-refractivity contribution >= 4 is 24.5 Å². The summed E-state index contributed by atoms with van der Waals surface area (Å²) in [5.41, 5.74) is -1.17. The van der Waals surface area contributed by atoms with Gasteiger partial charge in [0.05, 0.1) is 19.3 Å². The Morgan fingerprint density at radius 1 is 1.10 bits per heavy atom. The lowest BCUT2D eigenvalue weighted by molar-refractivity contribution is -0.274. The summed E-state index contributed by atoms with van der Waals surface area (Å²) < 4.78 is 63.3. The molecule has 2 N–H and O–H groups in total. The van der Waals surface area contributed by atoms with E-state index >= 15 is 0 Å². The van der Waals surface area contributed by atoms with Crippen molar-refractivity contribution in [3.8, 4) is 23.3 Å². The van der Waals surface area contributed by atoms with Gasteiger partial charge in [0.2, 0.25) is 0 Å². The molecule has 2 aromatic carbocycles. The van der Waals surface area contributed by atoms with Crippen molar-refractivity contribution in [1.82, 2.24) is 5.32 Å². The van der Waals surface area contributed by atoms with Crippen molar-refractivity contribution in [2.45, 2.75) is 64.6 Å². The van der Waals surface area contributed by atoms with E-state index in [9.17, 15) is 33.0 Å². The highest BCUT2D eigenvalue weighted by molar-refractivity contribution is 6.62. The Balaban J connectivity index is 1.68. The number of amides is 1. The van der Waals surface area contributed by atoms with E-state index in [1.165, 1.54) is 6.92 Å². The van der Waals surface area contributed by atoms with Crippen LogP contribution in [0.1, 0.15) is 56.5 Å². The molecule has 1 unspecified atom stereocenters. The molecule has 1 aliphatic rings. The van der Waals surface area contributed by atoms with Crippen LogP contribution >= 0.6 is 0 Å². The normalized spacial score (nSPS) is 14.4. The lowest BCUT2D eigenvalue weighted by Gasteiger charge is -2.25. The maximum atomic E-state index is 12.7. The van der Waals surface area contributed by atoms with E-state index in [0.717, 1.165) is 24.3 Å². The van der Waals surface area contributed by atoms with Crippen molar-refractivity contribution in [1.29, 1.82) is 5.26 Å². The van der Waals surface area contributed by atoms with Gasteiger partial charge in [0.1, 0.15) is 18.0 Å². The van der Waals surface area contributed by atoms with Crippen molar-refractivity contribution < 1.29 is 51.4 Å². The molecule has 0 spiro atoms. The average molecular weight is 578 g/mol. The van der Waals surface area contributed by atoms with Gasteiger partial charge in [-0.2, -0.15) is 5.26 Å². The molecule has 0 bridgehead atoms. The second-order valence-corrected chi connectivity index (χ2v) is 10.4. The van der Waals surface area contributed by atoms with Crippen molar-refractivity contribution in [2.75, 3.05) is 13.2 Å². The molecular weight excluding hydrogens is 548 g/mol. The van der Waals surface area contributed by atoms with Crippen LogP contribution in [0.5, 0.6) is 17.2 Å². The van der Waals surface area contributed by atoms with Crippen molar-refractivity contribution in [3.05, 3.63) is 47.5 Å². The minimum absolute atomic E-state index is 0.00666. The summed E-state index contributed by atoms with van der Waals surface area (Å²) >= 11 is 0. The minimum atomic E-state index is -4.87. The number of carbonyl (C=O) groups excluding carboxylic acids is 2.